The summed E-state index contributed by atoms with van der Waals surface area (Å²) in [5, 5.41) is 2.89. The molecular weight excluding hydrogens is 278 g/mol. The quantitative estimate of drug-likeness (QED) is 0.897. The summed E-state index contributed by atoms with van der Waals surface area (Å²) in [6.07, 6.45) is 3.89. The van der Waals surface area contributed by atoms with E-state index in [1.54, 1.807) is 0 Å². The number of hydrogen-bond acceptors (Lipinski definition) is 3. The Bertz CT molecular complexity index is 457. The van der Waals surface area contributed by atoms with Gasteiger partial charge in [-0.3, -0.25) is 4.90 Å². The predicted octanol–water partition coefficient (Wildman–Crippen LogP) is 3.31. The van der Waals surface area contributed by atoms with Crippen LogP contribution in [0, 0.1) is 5.92 Å². The van der Waals surface area contributed by atoms with Crippen LogP contribution in [0.3, 0.4) is 0 Å². The Morgan fingerprint density at radius 1 is 1.45 bits per heavy atom. The Morgan fingerprint density at radius 2 is 2.14 bits per heavy atom. The highest BCUT2D eigenvalue weighted by molar-refractivity contribution is 5.67. The normalized spacial score (nSPS) is 18.9. The largest absolute Gasteiger partial charge is 0.444 e. The summed E-state index contributed by atoms with van der Waals surface area (Å²) in [7, 11) is 0. The van der Waals surface area contributed by atoms with E-state index in [1.165, 1.54) is 5.69 Å². The van der Waals surface area contributed by atoms with Crippen molar-refractivity contribution in [3.05, 3.63) is 24.0 Å². The standard InChI is InChI=1S/C17H29N3O2/c1-13(15-6-5-9-18-15)20-10-7-14(8-11-20)12-19-16(21)22-17(2,3)4/h5-6,9,13-14,18H,7-8,10-12H2,1-4H3,(H,19,21). The molecule has 2 N–H and O–H groups in total. The van der Waals surface area contributed by atoms with Crippen molar-refractivity contribution in [3.63, 3.8) is 0 Å². The Hall–Kier alpha value is -1.49. The van der Waals surface area contributed by atoms with Gasteiger partial charge in [0, 0.05) is 24.5 Å². The van der Waals surface area contributed by atoms with E-state index >= 15 is 0 Å². The van der Waals surface area contributed by atoms with Gasteiger partial charge in [0.2, 0.25) is 0 Å². The lowest BCUT2D eigenvalue weighted by Gasteiger charge is -2.35. The van der Waals surface area contributed by atoms with E-state index < -0.39 is 5.60 Å². The van der Waals surface area contributed by atoms with Crippen LogP contribution >= 0.6 is 0 Å². The fourth-order valence-corrected chi connectivity index (χ4v) is 2.89. The number of ether oxygens (including phenoxy) is 1. The fourth-order valence-electron chi connectivity index (χ4n) is 2.89. The molecule has 1 aliphatic rings. The average molecular weight is 307 g/mol. The van der Waals surface area contributed by atoms with Gasteiger partial charge >= 0.3 is 6.09 Å². The molecule has 2 rings (SSSR count). The smallest absolute Gasteiger partial charge is 0.407 e. The van der Waals surface area contributed by atoms with Crippen molar-refractivity contribution in [1.82, 2.24) is 15.2 Å². The van der Waals surface area contributed by atoms with Crippen LogP contribution in [-0.4, -0.2) is 41.2 Å². The topological polar surface area (TPSA) is 57.4 Å². The van der Waals surface area contributed by atoms with E-state index in [0.717, 1.165) is 25.9 Å². The Morgan fingerprint density at radius 3 is 2.68 bits per heavy atom. The molecule has 1 fully saturated rings. The van der Waals surface area contributed by atoms with Gasteiger partial charge in [-0.15, -0.1) is 0 Å². The number of carbonyl (C=O) groups is 1. The number of rotatable bonds is 4. The van der Waals surface area contributed by atoms with Gasteiger partial charge in [0.1, 0.15) is 5.60 Å². The number of hydrogen-bond donors (Lipinski definition) is 2. The van der Waals surface area contributed by atoms with E-state index in [9.17, 15) is 4.79 Å². The summed E-state index contributed by atoms with van der Waals surface area (Å²) in [5.41, 5.74) is 0.837. The maximum absolute atomic E-state index is 11.7. The highest BCUT2D eigenvalue weighted by atomic mass is 16.6. The molecule has 5 nitrogen and oxygen atoms in total. The molecular formula is C17H29N3O2. The first-order valence-corrected chi connectivity index (χ1v) is 8.19. The van der Waals surface area contributed by atoms with Crippen LogP contribution in [-0.2, 0) is 4.74 Å². The second-order valence-corrected chi connectivity index (χ2v) is 7.16. The summed E-state index contributed by atoms with van der Waals surface area (Å²) < 4.78 is 5.27. The van der Waals surface area contributed by atoms with Gasteiger partial charge in [-0.25, -0.2) is 4.79 Å². The van der Waals surface area contributed by atoms with E-state index in [1.807, 2.05) is 33.0 Å². The molecule has 0 aliphatic carbocycles. The van der Waals surface area contributed by atoms with Gasteiger partial charge in [0.15, 0.2) is 0 Å². The number of aromatic nitrogens is 1. The van der Waals surface area contributed by atoms with E-state index in [2.05, 4.69) is 28.2 Å². The van der Waals surface area contributed by atoms with E-state index in [0.29, 0.717) is 18.5 Å². The molecule has 0 radical (unpaired) electrons. The molecule has 5 heteroatoms. The first-order valence-electron chi connectivity index (χ1n) is 8.19. The molecule has 0 spiro atoms. The lowest BCUT2D eigenvalue weighted by molar-refractivity contribution is 0.0505. The Balaban J connectivity index is 1.70. The van der Waals surface area contributed by atoms with Crippen molar-refractivity contribution in [3.8, 4) is 0 Å². The van der Waals surface area contributed by atoms with Crippen LogP contribution in [0.15, 0.2) is 18.3 Å². The maximum atomic E-state index is 11.7. The van der Waals surface area contributed by atoms with Crippen LogP contribution < -0.4 is 5.32 Å². The number of likely N-dealkylation sites (tertiary alicyclic amines) is 1. The average Bonchev–Trinajstić information content (AvgIpc) is 2.97. The molecule has 1 aromatic heterocycles. The second kappa shape index (κ2) is 7.18. The lowest BCUT2D eigenvalue weighted by atomic mass is 9.95. The first-order chi connectivity index (χ1) is 10.3. The molecule has 124 valence electrons. The lowest BCUT2D eigenvalue weighted by Crippen LogP contribution is -2.41. The Kier molecular flexibility index (Phi) is 5.51. The zero-order chi connectivity index (χ0) is 16.2. The molecule has 22 heavy (non-hydrogen) atoms. The zero-order valence-electron chi connectivity index (χ0n) is 14.2. The third-order valence-electron chi connectivity index (χ3n) is 4.20. The van der Waals surface area contributed by atoms with Crippen LogP contribution in [0.25, 0.3) is 0 Å². The van der Waals surface area contributed by atoms with Crippen LogP contribution in [0.2, 0.25) is 0 Å². The maximum Gasteiger partial charge on any atom is 0.407 e. The van der Waals surface area contributed by atoms with Gasteiger partial charge in [0.05, 0.1) is 0 Å². The van der Waals surface area contributed by atoms with Gasteiger partial charge in [-0.05, 0) is 71.7 Å². The van der Waals surface area contributed by atoms with E-state index in [4.69, 9.17) is 4.74 Å². The van der Waals surface area contributed by atoms with Crippen molar-refractivity contribution < 1.29 is 9.53 Å². The highest BCUT2D eigenvalue weighted by Crippen LogP contribution is 2.25. The predicted molar refractivity (Wildman–Crippen MR) is 87.7 cm³/mol. The van der Waals surface area contributed by atoms with Gasteiger partial charge in [-0.2, -0.15) is 0 Å². The molecule has 0 aromatic carbocycles. The summed E-state index contributed by atoms with van der Waals surface area (Å²) >= 11 is 0. The first kappa shape index (κ1) is 16.9. The minimum absolute atomic E-state index is 0.310. The summed E-state index contributed by atoms with van der Waals surface area (Å²) in [4.78, 5) is 17.5. The van der Waals surface area contributed by atoms with Crippen LogP contribution in [0.1, 0.15) is 52.3 Å². The summed E-state index contributed by atoms with van der Waals surface area (Å²) in [6, 6.07) is 4.61. The SMILES string of the molecule is CC(c1ccc[nH]1)N1CCC(CNC(=O)OC(C)(C)C)CC1. The molecule has 1 aromatic rings. The second-order valence-electron chi connectivity index (χ2n) is 7.16. The van der Waals surface area contributed by atoms with Crippen LogP contribution in [0.5, 0.6) is 0 Å². The third-order valence-corrected chi connectivity index (χ3v) is 4.20. The number of piperidine rings is 1. The molecule has 1 unspecified atom stereocenters. The minimum atomic E-state index is -0.432. The number of nitrogens with one attached hydrogen (secondary N) is 2. The molecule has 1 amide bonds. The van der Waals surface area contributed by atoms with Gasteiger partial charge in [-0.1, -0.05) is 0 Å². The van der Waals surface area contributed by atoms with Crippen molar-refractivity contribution in [2.45, 2.75) is 52.2 Å². The molecule has 1 atom stereocenters. The number of carbonyl (C=O) groups excluding carboxylic acids is 1. The van der Waals surface area contributed by atoms with Crippen molar-refractivity contribution in [2.24, 2.45) is 5.92 Å². The number of H-pyrrole nitrogens is 1. The number of alkyl carbamates (subject to hydrolysis) is 1. The fraction of sp³-hybridized carbons (Fsp3) is 0.706. The van der Waals surface area contributed by atoms with Gasteiger partial charge in [0.25, 0.3) is 0 Å². The molecule has 1 aliphatic heterocycles. The number of amides is 1. The summed E-state index contributed by atoms with van der Waals surface area (Å²) in [5.74, 6) is 0.541. The van der Waals surface area contributed by atoms with Gasteiger partial charge < -0.3 is 15.0 Å². The van der Waals surface area contributed by atoms with Crippen molar-refractivity contribution in [2.75, 3.05) is 19.6 Å². The number of aromatic amines is 1. The monoisotopic (exact) mass is 307 g/mol. The van der Waals surface area contributed by atoms with Crippen molar-refractivity contribution in [1.29, 1.82) is 0 Å². The van der Waals surface area contributed by atoms with Crippen LogP contribution in [0.4, 0.5) is 4.79 Å². The Labute approximate surface area is 133 Å². The summed E-state index contributed by atoms with van der Waals surface area (Å²) in [6.45, 7) is 10.7. The molecule has 0 bridgehead atoms. The third kappa shape index (κ3) is 5.05. The molecule has 1 saturated heterocycles. The molecule has 2 heterocycles. The zero-order valence-corrected chi connectivity index (χ0v) is 14.2. The molecule has 0 saturated carbocycles. The van der Waals surface area contributed by atoms with E-state index in [-0.39, 0.29) is 6.09 Å². The number of nitrogens with zero attached hydrogens (tertiary/aromatic N) is 1. The minimum Gasteiger partial charge on any atom is -0.444 e. The van der Waals surface area contributed by atoms with Crippen molar-refractivity contribution >= 4 is 6.09 Å². The highest BCUT2D eigenvalue weighted by Gasteiger charge is 2.24.